The number of hydrogen-bond acceptors (Lipinski definition) is 3. The van der Waals surface area contributed by atoms with Gasteiger partial charge >= 0.3 is 0 Å². The monoisotopic (exact) mass is 407 g/mol. The van der Waals surface area contributed by atoms with Crippen molar-refractivity contribution in [3.8, 4) is 11.5 Å². The standard InChI is InChI=1S/C15H25N3O2.HI/c1-15(2,3)18-14(16-4)17-10-11-7-8-12(19-5)9-13(11)20-6;/h7-9H,10H2,1-6H3,(H2,16,17,18);1H. The molecule has 2 N–H and O–H groups in total. The van der Waals surface area contributed by atoms with Crippen molar-refractivity contribution < 1.29 is 9.47 Å². The van der Waals surface area contributed by atoms with E-state index in [1.165, 1.54) is 0 Å². The van der Waals surface area contributed by atoms with Crippen LogP contribution in [0.5, 0.6) is 11.5 Å². The van der Waals surface area contributed by atoms with E-state index in [9.17, 15) is 0 Å². The first-order chi connectivity index (χ1) is 9.39. The minimum absolute atomic E-state index is 0. The Morgan fingerprint density at radius 3 is 2.33 bits per heavy atom. The molecule has 1 rings (SSSR count). The van der Waals surface area contributed by atoms with Crippen LogP contribution in [-0.2, 0) is 6.54 Å². The summed E-state index contributed by atoms with van der Waals surface area (Å²) in [6, 6.07) is 5.77. The molecule has 0 heterocycles. The van der Waals surface area contributed by atoms with Crippen molar-refractivity contribution >= 4 is 29.9 Å². The topological polar surface area (TPSA) is 54.9 Å². The molecule has 0 saturated carbocycles. The predicted octanol–water partition coefficient (Wildman–Crippen LogP) is 2.79. The fourth-order valence-corrected chi connectivity index (χ4v) is 1.71. The molecule has 1 aromatic rings. The molecule has 0 unspecified atom stereocenters. The van der Waals surface area contributed by atoms with Gasteiger partial charge in [-0.3, -0.25) is 4.99 Å². The Balaban J connectivity index is 0.00000400. The zero-order valence-corrected chi connectivity index (χ0v) is 15.9. The fraction of sp³-hybridized carbons (Fsp3) is 0.533. The molecular weight excluding hydrogens is 381 g/mol. The van der Waals surface area contributed by atoms with Gasteiger partial charge in [0.1, 0.15) is 11.5 Å². The molecule has 0 bridgehead atoms. The van der Waals surface area contributed by atoms with Crippen molar-refractivity contribution in [1.29, 1.82) is 0 Å². The summed E-state index contributed by atoms with van der Waals surface area (Å²) in [5.41, 5.74) is 1.01. The van der Waals surface area contributed by atoms with E-state index in [0.29, 0.717) is 6.54 Å². The van der Waals surface area contributed by atoms with Crippen LogP contribution in [0.2, 0.25) is 0 Å². The van der Waals surface area contributed by atoms with E-state index in [1.807, 2.05) is 18.2 Å². The average molecular weight is 407 g/mol. The van der Waals surface area contributed by atoms with Crippen molar-refractivity contribution in [3.05, 3.63) is 23.8 Å². The van der Waals surface area contributed by atoms with E-state index in [4.69, 9.17) is 9.47 Å². The Morgan fingerprint density at radius 2 is 1.86 bits per heavy atom. The number of hydrogen-bond donors (Lipinski definition) is 2. The molecule has 0 fully saturated rings. The van der Waals surface area contributed by atoms with Crippen LogP contribution >= 0.6 is 24.0 Å². The number of rotatable bonds is 4. The molecule has 120 valence electrons. The Bertz CT molecular complexity index is 470. The molecule has 0 aliphatic heterocycles. The maximum absolute atomic E-state index is 5.37. The van der Waals surface area contributed by atoms with Gasteiger partial charge in [-0.05, 0) is 32.9 Å². The molecule has 21 heavy (non-hydrogen) atoms. The lowest BCUT2D eigenvalue weighted by atomic mass is 10.1. The molecule has 0 aromatic heterocycles. The number of benzene rings is 1. The maximum Gasteiger partial charge on any atom is 0.191 e. The number of nitrogens with zero attached hydrogens (tertiary/aromatic N) is 1. The molecule has 0 amide bonds. The summed E-state index contributed by atoms with van der Waals surface area (Å²) in [6.45, 7) is 6.90. The van der Waals surface area contributed by atoms with E-state index in [-0.39, 0.29) is 29.5 Å². The number of halogens is 1. The van der Waals surface area contributed by atoms with Gasteiger partial charge < -0.3 is 20.1 Å². The lowest BCUT2D eigenvalue weighted by molar-refractivity contribution is 0.390. The van der Waals surface area contributed by atoms with Gasteiger partial charge in [0.05, 0.1) is 14.2 Å². The van der Waals surface area contributed by atoms with Crippen molar-refractivity contribution in [2.45, 2.75) is 32.9 Å². The summed E-state index contributed by atoms with van der Waals surface area (Å²) in [7, 11) is 5.05. The van der Waals surface area contributed by atoms with Crippen LogP contribution in [0.15, 0.2) is 23.2 Å². The van der Waals surface area contributed by atoms with Crippen LogP contribution in [-0.4, -0.2) is 32.8 Å². The summed E-state index contributed by atoms with van der Waals surface area (Å²) >= 11 is 0. The van der Waals surface area contributed by atoms with Gasteiger partial charge in [0, 0.05) is 30.8 Å². The molecule has 5 nitrogen and oxygen atoms in total. The second-order valence-electron chi connectivity index (χ2n) is 5.48. The smallest absolute Gasteiger partial charge is 0.191 e. The van der Waals surface area contributed by atoms with Crippen LogP contribution in [0.3, 0.4) is 0 Å². The van der Waals surface area contributed by atoms with Gasteiger partial charge in [-0.1, -0.05) is 0 Å². The molecular formula is C15H26IN3O2. The number of ether oxygens (including phenoxy) is 2. The zero-order chi connectivity index (χ0) is 15.2. The van der Waals surface area contributed by atoms with E-state index >= 15 is 0 Å². The van der Waals surface area contributed by atoms with Crippen molar-refractivity contribution in [1.82, 2.24) is 10.6 Å². The minimum Gasteiger partial charge on any atom is -0.497 e. The van der Waals surface area contributed by atoms with Gasteiger partial charge in [-0.15, -0.1) is 24.0 Å². The molecule has 6 heteroatoms. The summed E-state index contributed by atoms with van der Waals surface area (Å²) in [6.07, 6.45) is 0. The van der Waals surface area contributed by atoms with Crippen molar-refractivity contribution in [2.24, 2.45) is 4.99 Å². The highest BCUT2D eigenvalue weighted by Gasteiger charge is 2.12. The lowest BCUT2D eigenvalue weighted by Gasteiger charge is -2.24. The molecule has 0 radical (unpaired) electrons. The lowest BCUT2D eigenvalue weighted by Crippen LogP contribution is -2.47. The second-order valence-corrected chi connectivity index (χ2v) is 5.48. The number of methoxy groups -OCH3 is 2. The molecule has 0 saturated heterocycles. The van der Waals surface area contributed by atoms with Crippen molar-refractivity contribution in [2.75, 3.05) is 21.3 Å². The molecule has 0 spiro atoms. The van der Waals surface area contributed by atoms with Gasteiger partial charge in [0.15, 0.2) is 5.96 Å². The first-order valence-corrected chi connectivity index (χ1v) is 6.59. The van der Waals surface area contributed by atoms with E-state index in [1.54, 1.807) is 21.3 Å². The van der Waals surface area contributed by atoms with E-state index in [2.05, 4.69) is 36.4 Å². The summed E-state index contributed by atoms with van der Waals surface area (Å²) in [4.78, 5) is 4.21. The van der Waals surface area contributed by atoms with Crippen LogP contribution in [0.1, 0.15) is 26.3 Å². The highest BCUT2D eigenvalue weighted by molar-refractivity contribution is 14.0. The normalized spacial score (nSPS) is 11.4. The molecule has 0 aliphatic carbocycles. The summed E-state index contributed by atoms with van der Waals surface area (Å²) in [5.74, 6) is 2.33. The molecule has 0 atom stereocenters. The Morgan fingerprint density at radius 1 is 1.19 bits per heavy atom. The maximum atomic E-state index is 5.37. The average Bonchev–Trinajstić information content (AvgIpc) is 2.41. The third-order valence-electron chi connectivity index (χ3n) is 2.66. The highest BCUT2D eigenvalue weighted by Crippen LogP contribution is 2.24. The molecule has 0 aliphatic rings. The van der Waals surface area contributed by atoms with Crippen LogP contribution in [0.4, 0.5) is 0 Å². The number of guanidine groups is 1. The quantitative estimate of drug-likeness (QED) is 0.458. The Hall–Kier alpha value is -1.18. The Kier molecular flexibility index (Phi) is 8.46. The minimum atomic E-state index is -0.0359. The summed E-state index contributed by atoms with van der Waals surface area (Å²) in [5, 5.41) is 6.58. The van der Waals surface area contributed by atoms with Gasteiger partial charge in [0.25, 0.3) is 0 Å². The van der Waals surface area contributed by atoms with Gasteiger partial charge in [0.2, 0.25) is 0 Å². The third kappa shape index (κ3) is 6.88. The first kappa shape index (κ1) is 19.8. The van der Waals surface area contributed by atoms with Crippen LogP contribution in [0.25, 0.3) is 0 Å². The number of aliphatic imine (C=N–C) groups is 1. The highest BCUT2D eigenvalue weighted by atomic mass is 127. The molecule has 1 aromatic carbocycles. The summed E-state index contributed by atoms with van der Waals surface area (Å²) < 4.78 is 10.6. The van der Waals surface area contributed by atoms with Crippen LogP contribution in [0, 0.1) is 0 Å². The fourth-order valence-electron chi connectivity index (χ4n) is 1.71. The van der Waals surface area contributed by atoms with E-state index < -0.39 is 0 Å². The largest absolute Gasteiger partial charge is 0.497 e. The first-order valence-electron chi connectivity index (χ1n) is 6.59. The van der Waals surface area contributed by atoms with Crippen LogP contribution < -0.4 is 20.1 Å². The third-order valence-corrected chi connectivity index (χ3v) is 2.66. The van der Waals surface area contributed by atoms with Crippen molar-refractivity contribution in [3.63, 3.8) is 0 Å². The second kappa shape index (κ2) is 8.96. The van der Waals surface area contributed by atoms with Gasteiger partial charge in [-0.25, -0.2) is 0 Å². The SMILES string of the molecule is CN=C(NCc1ccc(OC)cc1OC)NC(C)(C)C.I. The predicted molar refractivity (Wildman–Crippen MR) is 98.0 cm³/mol. The van der Waals surface area contributed by atoms with E-state index in [0.717, 1.165) is 23.0 Å². The Labute approximate surface area is 144 Å². The zero-order valence-electron chi connectivity index (χ0n) is 13.6. The number of nitrogens with one attached hydrogen (secondary N) is 2. The van der Waals surface area contributed by atoms with Gasteiger partial charge in [-0.2, -0.15) is 0 Å².